The lowest BCUT2D eigenvalue weighted by molar-refractivity contribution is -0.300. The molecule has 1 rings (SSSR count). The van der Waals surface area contributed by atoms with Crippen LogP contribution in [0.4, 0.5) is 0 Å². The predicted molar refractivity (Wildman–Crippen MR) is 83.7 cm³/mol. The van der Waals surface area contributed by atoms with Gasteiger partial charge in [0.25, 0.3) is 0 Å². The lowest BCUT2D eigenvalue weighted by Gasteiger charge is -2.43. The molecule has 1 fully saturated rings. The number of carbonyl (C=O) groups is 5. The molecule has 0 aliphatic carbocycles. The van der Waals surface area contributed by atoms with Crippen LogP contribution in [0, 0.1) is 0 Å². The summed E-state index contributed by atoms with van der Waals surface area (Å²) in [6.07, 6.45) is -6.70. The molecule has 0 spiro atoms. The fraction of sp³-hybridized carbons (Fsp3) is 0.688. The second kappa shape index (κ2) is 9.86. The summed E-state index contributed by atoms with van der Waals surface area (Å²) >= 11 is 0. The van der Waals surface area contributed by atoms with Crippen LogP contribution >= 0.6 is 0 Å². The molecule has 0 radical (unpaired) electrons. The van der Waals surface area contributed by atoms with Crippen LogP contribution in [0.15, 0.2) is 0 Å². The largest absolute Gasteiger partial charge is 0.463 e. The molecule has 5 atom stereocenters. The maximum absolute atomic E-state index is 11.5. The van der Waals surface area contributed by atoms with Gasteiger partial charge in [-0.25, -0.2) is 0 Å². The van der Waals surface area contributed by atoms with Crippen LogP contribution < -0.4 is 0 Å². The van der Waals surface area contributed by atoms with Crippen molar-refractivity contribution in [2.75, 3.05) is 6.61 Å². The van der Waals surface area contributed by atoms with Crippen molar-refractivity contribution >= 4 is 29.8 Å². The highest BCUT2D eigenvalue weighted by atomic mass is 16.7. The molecule has 1 saturated heterocycles. The first-order valence-corrected chi connectivity index (χ1v) is 7.99. The van der Waals surface area contributed by atoms with Crippen LogP contribution in [-0.2, 0) is 52.4 Å². The zero-order chi connectivity index (χ0) is 20.7. The highest BCUT2D eigenvalue weighted by Crippen LogP contribution is 2.29. The Kier molecular flexibility index (Phi) is 8.16. The minimum Gasteiger partial charge on any atom is -0.463 e. The third kappa shape index (κ3) is 7.21. The minimum atomic E-state index is -1.48. The van der Waals surface area contributed by atoms with Crippen molar-refractivity contribution in [2.45, 2.75) is 65.3 Å². The van der Waals surface area contributed by atoms with E-state index in [1.807, 2.05) is 0 Å². The van der Waals surface area contributed by atoms with Crippen molar-refractivity contribution in [3.63, 3.8) is 0 Å². The topological polar surface area (TPSA) is 141 Å². The van der Waals surface area contributed by atoms with Gasteiger partial charge in [0, 0.05) is 34.6 Å². The van der Waals surface area contributed by atoms with E-state index in [1.54, 1.807) is 0 Å². The number of hydrogen-bond donors (Lipinski definition) is 0. The van der Waals surface area contributed by atoms with E-state index in [-0.39, 0.29) is 0 Å². The monoisotopic (exact) mass is 390 g/mol. The molecular formula is C16H22O11. The zero-order valence-electron chi connectivity index (χ0n) is 15.6. The Bertz CT molecular complexity index is 599. The van der Waals surface area contributed by atoms with Gasteiger partial charge in [-0.2, -0.15) is 0 Å². The SMILES string of the molecule is CC(=O)OC[C@H]1O[C@H](OC(C)=O)[C@H](OC(C)=O)[C@@H](OC(C)=O)[C@@H]1OC(C)=O. The number of carbonyl (C=O) groups excluding carboxylic acids is 5. The second-order valence-electron chi connectivity index (χ2n) is 5.68. The van der Waals surface area contributed by atoms with Gasteiger partial charge >= 0.3 is 29.8 Å². The highest BCUT2D eigenvalue weighted by molar-refractivity contribution is 5.69. The second-order valence-corrected chi connectivity index (χ2v) is 5.68. The Morgan fingerprint density at radius 2 is 1.07 bits per heavy atom. The van der Waals surface area contributed by atoms with Crippen LogP contribution in [0.2, 0.25) is 0 Å². The van der Waals surface area contributed by atoms with Gasteiger partial charge < -0.3 is 28.4 Å². The van der Waals surface area contributed by atoms with Gasteiger partial charge in [0.15, 0.2) is 12.2 Å². The molecule has 0 N–H and O–H groups in total. The van der Waals surface area contributed by atoms with E-state index in [2.05, 4.69) is 0 Å². The van der Waals surface area contributed by atoms with Crippen LogP contribution in [0.3, 0.4) is 0 Å². The summed E-state index contributed by atoms with van der Waals surface area (Å²) < 4.78 is 30.8. The van der Waals surface area contributed by atoms with Crippen molar-refractivity contribution in [2.24, 2.45) is 0 Å². The van der Waals surface area contributed by atoms with Gasteiger partial charge in [0.2, 0.25) is 12.4 Å². The zero-order valence-corrected chi connectivity index (χ0v) is 15.6. The Morgan fingerprint density at radius 1 is 0.630 bits per heavy atom. The molecule has 1 heterocycles. The van der Waals surface area contributed by atoms with E-state index in [1.165, 1.54) is 0 Å². The highest BCUT2D eigenvalue weighted by Gasteiger charge is 2.53. The number of rotatable bonds is 6. The summed E-state index contributed by atoms with van der Waals surface area (Å²) in [5.74, 6) is -3.71. The number of ether oxygens (including phenoxy) is 6. The van der Waals surface area contributed by atoms with Gasteiger partial charge in [0.1, 0.15) is 12.7 Å². The molecule has 1 aliphatic heterocycles. The summed E-state index contributed by atoms with van der Waals surface area (Å²) in [5, 5.41) is 0. The summed E-state index contributed by atoms with van der Waals surface area (Å²) in [4.78, 5) is 57.0. The average molecular weight is 390 g/mol. The third-order valence-electron chi connectivity index (χ3n) is 3.23. The first-order valence-electron chi connectivity index (χ1n) is 7.99. The summed E-state index contributed by atoms with van der Waals surface area (Å²) in [6, 6.07) is 0. The Morgan fingerprint density at radius 3 is 1.52 bits per heavy atom. The molecule has 0 unspecified atom stereocenters. The van der Waals surface area contributed by atoms with E-state index < -0.39 is 67.2 Å². The average Bonchev–Trinajstić information content (AvgIpc) is 2.49. The van der Waals surface area contributed by atoms with Crippen molar-refractivity contribution < 1.29 is 52.4 Å². The standard InChI is InChI=1S/C16H22O11/c1-7(17)22-6-12-13(23-8(2)18)14(24-9(3)19)15(25-10(4)20)16(27-12)26-11(5)21/h12-16H,6H2,1-5H3/t12-,13-,14+,15-,16+/m1/s1. The van der Waals surface area contributed by atoms with E-state index in [4.69, 9.17) is 28.4 Å². The van der Waals surface area contributed by atoms with Crippen LogP contribution in [0.5, 0.6) is 0 Å². The van der Waals surface area contributed by atoms with Gasteiger partial charge in [-0.3, -0.25) is 24.0 Å². The first-order chi connectivity index (χ1) is 12.5. The van der Waals surface area contributed by atoms with Crippen molar-refractivity contribution in [1.82, 2.24) is 0 Å². The molecule has 0 aromatic rings. The number of hydrogen-bond acceptors (Lipinski definition) is 11. The molecular weight excluding hydrogens is 368 g/mol. The smallest absolute Gasteiger partial charge is 0.305 e. The maximum Gasteiger partial charge on any atom is 0.305 e. The normalized spacial score (nSPS) is 27.1. The van der Waals surface area contributed by atoms with E-state index in [0.29, 0.717) is 0 Å². The lowest BCUT2D eigenvalue weighted by atomic mass is 9.98. The summed E-state index contributed by atoms with van der Waals surface area (Å²) in [6.45, 7) is 5.13. The van der Waals surface area contributed by atoms with Crippen molar-refractivity contribution in [3.8, 4) is 0 Å². The molecule has 11 heteroatoms. The maximum atomic E-state index is 11.5. The molecule has 0 amide bonds. The van der Waals surface area contributed by atoms with Gasteiger partial charge in [-0.15, -0.1) is 0 Å². The van der Waals surface area contributed by atoms with E-state index in [9.17, 15) is 24.0 Å². The van der Waals surface area contributed by atoms with Crippen LogP contribution in [0.1, 0.15) is 34.6 Å². The Hall–Kier alpha value is -2.69. The van der Waals surface area contributed by atoms with Crippen molar-refractivity contribution in [1.29, 1.82) is 0 Å². The minimum absolute atomic E-state index is 0.393. The molecule has 1 aliphatic rings. The van der Waals surface area contributed by atoms with Crippen LogP contribution in [-0.4, -0.2) is 67.2 Å². The van der Waals surface area contributed by atoms with E-state index >= 15 is 0 Å². The summed E-state index contributed by atoms with van der Waals surface area (Å²) in [7, 11) is 0. The Labute approximate surface area is 155 Å². The van der Waals surface area contributed by atoms with Crippen molar-refractivity contribution in [3.05, 3.63) is 0 Å². The first kappa shape index (κ1) is 22.4. The molecule has 152 valence electrons. The van der Waals surface area contributed by atoms with Gasteiger partial charge in [-0.1, -0.05) is 0 Å². The van der Waals surface area contributed by atoms with Crippen LogP contribution in [0.25, 0.3) is 0 Å². The fourth-order valence-corrected chi connectivity index (χ4v) is 2.45. The molecule has 0 aromatic carbocycles. The summed E-state index contributed by atoms with van der Waals surface area (Å²) in [5.41, 5.74) is 0. The lowest BCUT2D eigenvalue weighted by Crippen LogP contribution is -2.63. The van der Waals surface area contributed by atoms with Gasteiger partial charge in [-0.05, 0) is 0 Å². The molecule has 11 nitrogen and oxygen atoms in total. The fourth-order valence-electron chi connectivity index (χ4n) is 2.45. The predicted octanol–water partition coefficient (Wildman–Crippen LogP) is -0.367. The Balaban J connectivity index is 3.29. The molecule has 27 heavy (non-hydrogen) atoms. The number of esters is 5. The molecule has 0 saturated carbocycles. The third-order valence-corrected chi connectivity index (χ3v) is 3.23. The molecule has 0 bridgehead atoms. The molecule has 0 aromatic heterocycles. The van der Waals surface area contributed by atoms with Gasteiger partial charge in [0.05, 0.1) is 0 Å². The quantitative estimate of drug-likeness (QED) is 0.433. The van der Waals surface area contributed by atoms with E-state index in [0.717, 1.165) is 34.6 Å².